The van der Waals surface area contributed by atoms with E-state index in [1.807, 2.05) is 6.92 Å². The van der Waals surface area contributed by atoms with Crippen LogP contribution >= 0.6 is 0 Å². The molecule has 1 amide bonds. The van der Waals surface area contributed by atoms with Gasteiger partial charge in [-0.1, -0.05) is 13.3 Å². The molecule has 0 atom stereocenters. The number of unbranched alkanes of at least 4 members (excludes halogenated alkanes) is 1. The van der Waals surface area contributed by atoms with Crippen LogP contribution in [0.25, 0.3) is 0 Å². The summed E-state index contributed by atoms with van der Waals surface area (Å²) in [6.45, 7) is 4.36. The van der Waals surface area contributed by atoms with E-state index in [1.165, 1.54) is 0 Å². The average Bonchev–Trinajstić information content (AvgIpc) is 2.37. The Morgan fingerprint density at radius 1 is 1.17 bits per heavy atom. The Labute approximate surface area is 109 Å². The molecule has 0 radical (unpaired) electrons. The fraction of sp³-hybridized carbons (Fsp3) is 0.857. The fourth-order valence-electron chi connectivity index (χ4n) is 2.37. The van der Waals surface area contributed by atoms with Crippen LogP contribution in [0.4, 0.5) is 0 Å². The van der Waals surface area contributed by atoms with Crippen LogP contribution < -0.4 is 5.32 Å². The van der Waals surface area contributed by atoms with E-state index in [1.54, 1.807) is 0 Å². The molecule has 1 N–H and O–H groups in total. The van der Waals surface area contributed by atoms with Crippen molar-refractivity contribution >= 4 is 11.9 Å². The third kappa shape index (κ3) is 5.07. The molecule has 1 rings (SSSR count). The van der Waals surface area contributed by atoms with Crippen molar-refractivity contribution in [2.45, 2.75) is 64.8 Å². The Morgan fingerprint density at radius 2 is 1.83 bits per heavy atom. The molecule has 0 heterocycles. The third-order valence-corrected chi connectivity index (χ3v) is 3.47. The van der Waals surface area contributed by atoms with Gasteiger partial charge >= 0.3 is 5.97 Å². The first-order valence-electron chi connectivity index (χ1n) is 7.13. The molecular formula is C14H25NO3. The summed E-state index contributed by atoms with van der Waals surface area (Å²) in [5, 5.41) is 3.05. The molecule has 1 aliphatic rings. The minimum Gasteiger partial charge on any atom is -0.466 e. The highest BCUT2D eigenvalue weighted by molar-refractivity contribution is 5.76. The topological polar surface area (TPSA) is 55.4 Å². The predicted molar refractivity (Wildman–Crippen MR) is 70.0 cm³/mol. The molecule has 18 heavy (non-hydrogen) atoms. The van der Waals surface area contributed by atoms with Crippen LogP contribution in [-0.2, 0) is 14.3 Å². The Balaban J connectivity index is 2.22. The van der Waals surface area contributed by atoms with Gasteiger partial charge in [0.2, 0.25) is 5.91 Å². The van der Waals surface area contributed by atoms with Crippen molar-refractivity contribution in [1.82, 2.24) is 5.32 Å². The molecule has 1 fully saturated rings. The Bertz CT molecular complexity index is 270. The number of esters is 1. The van der Waals surface area contributed by atoms with E-state index in [-0.39, 0.29) is 23.8 Å². The molecule has 1 aliphatic carbocycles. The first kappa shape index (κ1) is 15.0. The number of hydrogen-bond donors (Lipinski definition) is 1. The zero-order chi connectivity index (χ0) is 13.4. The van der Waals surface area contributed by atoms with Crippen LogP contribution in [0, 0.1) is 5.92 Å². The fourth-order valence-corrected chi connectivity index (χ4v) is 2.37. The summed E-state index contributed by atoms with van der Waals surface area (Å²) < 4.78 is 5.02. The summed E-state index contributed by atoms with van der Waals surface area (Å²) >= 11 is 0. The third-order valence-electron chi connectivity index (χ3n) is 3.47. The summed E-state index contributed by atoms with van der Waals surface area (Å²) in [5.41, 5.74) is 0. The lowest BCUT2D eigenvalue weighted by Crippen LogP contribution is -2.38. The monoisotopic (exact) mass is 255 g/mol. The predicted octanol–water partition coefficient (Wildman–Crippen LogP) is 2.41. The second-order valence-corrected chi connectivity index (χ2v) is 4.97. The number of carbonyl (C=O) groups excluding carboxylic acids is 2. The molecular weight excluding hydrogens is 230 g/mol. The maximum atomic E-state index is 11.6. The van der Waals surface area contributed by atoms with E-state index in [2.05, 4.69) is 12.2 Å². The van der Waals surface area contributed by atoms with E-state index in [0.29, 0.717) is 13.0 Å². The molecule has 0 spiro atoms. The molecule has 4 nitrogen and oxygen atoms in total. The van der Waals surface area contributed by atoms with Crippen LogP contribution in [-0.4, -0.2) is 24.5 Å². The van der Waals surface area contributed by atoms with Gasteiger partial charge in [0, 0.05) is 12.5 Å². The minimum atomic E-state index is -0.0757. The van der Waals surface area contributed by atoms with Crippen molar-refractivity contribution in [3.05, 3.63) is 0 Å². The summed E-state index contributed by atoms with van der Waals surface area (Å²) in [6.07, 6.45) is 6.05. The van der Waals surface area contributed by atoms with Gasteiger partial charge in [-0.3, -0.25) is 9.59 Å². The molecule has 104 valence electrons. The highest BCUT2D eigenvalue weighted by atomic mass is 16.5. The van der Waals surface area contributed by atoms with E-state index < -0.39 is 0 Å². The largest absolute Gasteiger partial charge is 0.466 e. The first-order chi connectivity index (χ1) is 8.67. The van der Waals surface area contributed by atoms with E-state index in [0.717, 1.165) is 38.5 Å². The van der Waals surface area contributed by atoms with Gasteiger partial charge in [0.25, 0.3) is 0 Å². The Morgan fingerprint density at radius 3 is 2.39 bits per heavy atom. The van der Waals surface area contributed by atoms with Crippen LogP contribution in [0.3, 0.4) is 0 Å². The zero-order valence-corrected chi connectivity index (χ0v) is 11.5. The Hall–Kier alpha value is -1.06. The molecule has 0 aliphatic heterocycles. The van der Waals surface area contributed by atoms with E-state index >= 15 is 0 Å². The zero-order valence-electron chi connectivity index (χ0n) is 11.5. The maximum absolute atomic E-state index is 11.6. The van der Waals surface area contributed by atoms with Crippen molar-refractivity contribution in [2.75, 3.05) is 6.61 Å². The smallest absolute Gasteiger partial charge is 0.308 e. The first-order valence-corrected chi connectivity index (χ1v) is 7.13. The van der Waals surface area contributed by atoms with Crippen molar-refractivity contribution in [3.8, 4) is 0 Å². The molecule has 0 bridgehead atoms. The second kappa shape index (κ2) is 8.11. The normalized spacial score (nSPS) is 23.4. The van der Waals surface area contributed by atoms with Gasteiger partial charge in [-0.05, 0) is 39.0 Å². The molecule has 0 saturated heterocycles. The molecule has 0 aromatic rings. The van der Waals surface area contributed by atoms with Crippen molar-refractivity contribution in [2.24, 2.45) is 5.92 Å². The van der Waals surface area contributed by atoms with Crippen LogP contribution in [0.5, 0.6) is 0 Å². The number of hydrogen-bond acceptors (Lipinski definition) is 3. The van der Waals surface area contributed by atoms with Gasteiger partial charge < -0.3 is 10.1 Å². The van der Waals surface area contributed by atoms with Crippen molar-refractivity contribution < 1.29 is 14.3 Å². The molecule has 0 unspecified atom stereocenters. The van der Waals surface area contributed by atoms with Gasteiger partial charge in [0.05, 0.1) is 12.5 Å². The number of carbonyl (C=O) groups is 2. The van der Waals surface area contributed by atoms with Crippen molar-refractivity contribution in [1.29, 1.82) is 0 Å². The van der Waals surface area contributed by atoms with Crippen molar-refractivity contribution in [3.63, 3.8) is 0 Å². The highest BCUT2D eigenvalue weighted by Gasteiger charge is 2.27. The molecule has 4 heteroatoms. The summed E-state index contributed by atoms with van der Waals surface area (Å²) in [5.74, 6) is 0.110. The lowest BCUT2D eigenvalue weighted by atomic mass is 9.86. The number of ether oxygens (including phenoxy) is 1. The van der Waals surface area contributed by atoms with Crippen LogP contribution in [0.2, 0.25) is 0 Å². The van der Waals surface area contributed by atoms with Gasteiger partial charge in [0.1, 0.15) is 0 Å². The number of rotatable bonds is 6. The van der Waals surface area contributed by atoms with Gasteiger partial charge in [-0.25, -0.2) is 0 Å². The molecule has 0 aromatic carbocycles. The standard InChI is InChI=1S/C14H25NO3/c1-3-5-6-13(16)15-12-9-7-11(8-10-12)14(17)18-4-2/h11-12H,3-10H2,1-2H3,(H,15,16). The summed E-state index contributed by atoms with van der Waals surface area (Å²) in [6, 6.07) is 0.250. The van der Waals surface area contributed by atoms with E-state index in [4.69, 9.17) is 4.74 Å². The lowest BCUT2D eigenvalue weighted by molar-refractivity contribution is -0.149. The lowest BCUT2D eigenvalue weighted by Gasteiger charge is -2.27. The Kier molecular flexibility index (Phi) is 6.76. The number of amides is 1. The van der Waals surface area contributed by atoms with E-state index in [9.17, 15) is 9.59 Å². The maximum Gasteiger partial charge on any atom is 0.308 e. The second-order valence-electron chi connectivity index (χ2n) is 4.97. The van der Waals surface area contributed by atoms with Gasteiger partial charge in [-0.2, -0.15) is 0 Å². The van der Waals surface area contributed by atoms with Gasteiger partial charge in [0.15, 0.2) is 0 Å². The minimum absolute atomic E-state index is 0.0359. The SMILES string of the molecule is CCCCC(=O)NC1CCC(C(=O)OCC)CC1. The average molecular weight is 255 g/mol. The summed E-state index contributed by atoms with van der Waals surface area (Å²) in [7, 11) is 0. The quantitative estimate of drug-likeness (QED) is 0.742. The highest BCUT2D eigenvalue weighted by Crippen LogP contribution is 2.25. The van der Waals surface area contributed by atoms with Crippen LogP contribution in [0.1, 0.15) is 58.8 Å². The molecule has 0 aromatic heterocycles. The van der Waals surface area contributed by atoms with Crippen LogP contribution in [0.15, 0.2) is 0 Å². The summed E-state index contributed by atoms with van der Waals surface area (Å²) in [4.78, 5) is 23.1. The van der Waals surface area contributed by atoms with Gasteiger partial charge in [-0.15, -0.1) is 0 Å². The molecule has 1 saturated carbocycles. The number of nitrogens with one attached hydrogen (secondary N) is 1.